The van der Waals surface area contributed by atoms with Gasteiger partial charge in [-0.05, 0) is 53.1 Å². The number of nitrogens with zero attached hydrogens (tertiary/aromatic N) is 5. The molecule has 3 N–H and O–H groups in total. The third-order valence-electron chi connectivity index (χ3n) is 8.67. The molecule has 4 amide bonds. The van der Waals surface area contributed by atoms with Gasteiger partial charge < -0.3 is 25.3 Å². The van der Waals surface area contributed by atoms with E-state index in [2.05, 4.69) is 16.9 Å². The van der Waals surface area contributed by atoms with E-state index in [0.717, 1.165) is 37.9 Å². The van der Waals surface area contributed by atoms with Gasteiger partial charge in [0.15, 0.2) is 5.13 Å². The molecule has 7 rings (SSSR count). The average Bonchev–Trinajstić information content (AvgIpc) is 3.78. The Labute approximate surface area is 290 Å². The maximum atomic E-state index is 14.3. The number of aromatic nitrogens is 1. The minimum absolute atomic E-state index is 0.0880. The first-order valence-corrected chi connectivity index (χ1v) is 16.8. The molecule has 0 bridgehead atoms. The zero-order chi connectivity index (χ0) is 33.5. The van der Waals surface area contributed by atoms with Crippen LogP contribution in [0.5, 0.6) is 0 Å². The quantitative estimate of drug-likeness (QED) is 0.189. The Morgan fingerprint density at radius 1 is 1.12 bits per heavy atom. The molecule has 3 aromatic carbocycles. The van der Waals surface area contributed by atoms with Crippen LogP contribution in [-0.4, -0.2) is 74.5 Å². The van der Waals surface area contributed by atoms with Gasteiger partial charge in [0.2, 0.25) is 11.8 Å². The molecular weight excluding hydrogens is 673 g/mol. The molecule has 2 aromatic heterocycles. The number of nitrogen functional groups attached to an aromatic ring is 1. The standard InChI is InChI=1S/C34H31Cl2N7O4S/c1-2-11-41(34(46)38-16-21-6-8-24(35)25(36)14-21)42-19-30(44)43-26(15-20-7-9-27-22(13-20)10-12-47-27)32(45)40(18-29(42)43)17-23-4-3-5-28-31(23)39-33(37)48-28/h2-10,12-14,26,29H,1,11,15-19H2,(H2,37,39)(H,38,46)/t26-,29+/m0/s1. The van der Waals surface area contributed by atoms with Crippen molar-refractivity contribution < 1.29 is 18.8 Å². The number of carbonyl (C=O) groups is 3. The van der Waals surface area contributed by atoms with Gasteiger partial charge in [-0.1, -0.05) is 64.9 Å². The van der Waals surface area contributed by atoms with E-state index in [1.807, 2.05) is 42.5 Å². The average molecular weight is 705 g/mol. The lowest BCUT2D eigenvalue weighted by molar-refractivity contribution is -0.157. The summed E-state index contributed by atoms with van der Waals surface area (Å²) in [6.45, 7) is 4.52. The van der Waals surface area contributed by atoms with Gasteiger partial charge in [-0.2, -0.15) is 5.01 Å². The van der Waals surface area contributed by atoms with E-state index in [4.69, 9.17) is 33.4 Å². The van der Waals surface area contributed by atoms with Gasteiger partial charge in [-0.3, -0.25) is 14.6 Å². The third kappa shape index (κ3) is 6.08. The molecule has 0 unspecified atom stereocenters. The number of fused-ring (bicyclic) bond motifs is 3. The van der Waals surface area contributed by atoms with Crippen molar-refractivity contribution in [2.75, 3.05) is 25.4 Å². The zero-order valence-corrected chi connectivity index (χ0v) is 28.0. The van der Waals surface area contributed by atoms with E-state index >= 15 is 0 Å². The fourth-order valence-corrected chi connectivity index (χ4v) is 7.56. The molecule has 48 heavy (non-hydrogen) atoms. The summed E-state index contributed by atoms with van der Waals surface area (Å²) in [5.41, 5.74) is 10.00. The Kier molecular flexibility index (Phi) is 8.73. The molecule has 0 spiro atoms. The van der Waals surface area contributed by atoms with Gasteiger partial charge in [0, 0.05) is 24.9 Å². The summed E-state index contributed by atoms with van der Waals surface area (Å²) >= 11 is 13.6. The van der Waals surface area contributed by atoms with E-state index in [9.17, 15) is 14.4 Å². The minimum atomic E-state index is -0.810. The predicted octanol–water partition coefficient (Wildman–Crippen LogP) is 5.67. The molecule has 14 heteroatoms. The Morgan fingerprint density at radius 2 is 1.96 bits per heavy atom. The Morgan fingerprint density at radius 3 is 2.77 bits per heavy atom. The van der Waals surface area contributed by atoms with E-state index in [1.54, 1.807) is 45.3 Å². The van der Waals surface area contributed by atoms with Crippen molar-refractivity contribution >= 4 is 78.7 Å². The van der Waals surface area contributed by atoms with Crippen LogP contribution < -0.4 is 11.1 Å². The highest BCUT2D eigenvalue weighted by Gasteiger charge is 2.52. The number of piperazine rings is 1. The van der Waals surface area contributed by atoms with Crippen LogP contribution in [0.15, 0.2) is 84.0 Å². The SMILES string of the molecule is C=CCN(C(=O)NCc1ccc(Cl)c(Cl)c1)N1CC(=O)N2[C@@H](Cc3ccc4occc4c3)C(=O)N(Cc3cccc4sc(N)nc34)C[C@@H]21. The summed E-state index contributed by atoms with van der Waals surface area (Å²) in [4.78, 5) is 49.8. The minimum Gasteiger partial charge on any atom is -0.464 e. The summed E-state index contributed by atoms with van der Waals surface area (Å²) in [7, 11) is 0. The van der Waals surface area contributed by atoms with E-state index < -0.39 is 18.2 Å². The molecule has 5 aromatic rings. The van der Waals surface area contributed by atoms with Crippen molar-refractivity contribution in [2.24, 2.45) is 0 Å². The Bertz CT molecular complexity index is 2070. The summed E-state index contributed by atoms with van der Waals surface area (Å²) in [5.74, 6) is -0.434. The number of amides is 4. The van der Waals surface area contributed by atoms with Gasteiger partial charge in [-0.15, -0.1) is 6.58 Å². The van der Waals surface area contributed by atoms with Crippen molar-refractivity contribution in [3.63, 3.8) is 0 Å². The van der Waals surface area contributed by atoms with Crippen molar-refractivity contribution in [3.05, 3.63) is 106 Å². The van der Waals surface area contributed by atoms with Crippen LogP contribution in [0.4, 0.5) is 9.93 Å². The smallest absolute Gasteiger partial charge is 0.332 e. The second-order valence-electron chi connectivity index (χ2n) is 11.7. The van der Waals surface area contributed by atoms with Gasteiger partial charge >= 0.3 is 6.03 Å². The van der Waals surface area contributed by atoms with Crippen LogP contribution >= 0.6 is 34.5 Å². The van der Waals surface area contributed by atoms with Crippen LogP contribution in [0.3, 0.4) is 0 Å². The van der Waals surface area contributed by atoms with Gasteiger partial charge in [0.1, 0.15) is 17.8 Å². The second kappa shape index (κ2) is 13.1. The number of thiazole rings is 1. The molecular formula is C34H31Cl2N7O4S. The molecule has 2 saturated heterocycles. The molecule has 2 aliphatic heterocycles. The lowest BCUT2D eigenvalue weighted by Gasteiger charge is -2.46. The fraction of sp³-hybridized carbons (Fsp3) is 0.235. The number of rotatable bonds is 9. The van der Waals surface area contributed by atoms with Crippen molar-refractivity contribution in [2.45, 2.75) is 31.7 Å². The molecule has 2 fully saturated rings. The summed E-state index contributed by atoms with van der Waals surface area (Å²) < 4.78 is 6.44. The first kappa shape index (κ1) is 32.0. The molecule has 4 heterocycles. The number of para-hydroxylation sites is 1. The number of hydrazine groups is 1. The Balaban J connectivity index is 1.20. The zero-order valence-electron chi connectivity index (χ0n) is 25.6. The fourth-order valence-electron chi connectivity index (χ4n) is 6.46. The number of hydrogen-bond acceptors (Lipinski definition) is 8. The number of hydrogen-bond donors (Lipinski definition) is 2. The molecule has 0 saturated carbocycles. The van der Waals surface area contributed by atoms with Crippen LogP contribution in [0.2, 0.25) is 10.0 Å². The number of anilines is 1. The van der Waals surface area contributed by atoms with Gasteiger partial charge in [0.05, 0.1) is 46.2 Å². The highest BCUT2D eigenvalue weighted by molar-refractivity contribution is 7.22. The molecule has 2 aliphatic rings. The van der Waals surface area contributed by atoms with Crippen LogP contribution in [0.25, 0.3) is 21.2 Å². The Hall–Kier alpha value is -4.62. The number of furan rings is 1. The highest BCUT2D eigenvalue weighted by atomic mass is 35.5. The topological polar surface area (TPSA) is 128 Å². The summed E-state index contributed by atoms with van der Waals surface area (Å²) in [6.07, 6.45) is 2.88. The predicted molar refractivity (Wildman–Crippen MR) is 186 cm³/mol. The molecule has 0 radical (unpaired) electrons. The second-order valence-corrected chi connectivity index (χ2v) is 13.6. The van der Waals surface area contributed by atoms with Crippen molar-refractivity contribution in [3.8, 4) is 0 Å². The molecule has 2 atom stereocenters. The van der Waals surface area contributed by atoms with Crippen LogP contribution in [0, 0.1) is 0 Å². The first-order valence-electron chi connectivity index (χ1n) is 15.3. The number of nitrogens with one attached hydrogen (secondary N) is 1. The third-order valence-corrected chi connectivity index (χ3v) is 10.3. The van der Waals surface area contributed by atoms with Crippen molar-refractivity contribution in [1.29, 1.82) is 0 Å². The summed E-state index contributed by atoms with van der Waals surface area (Å²) in [5, 5.41) is 8.27. The number of urea groups is 1. The van der Waals surface area contributed by atoms with E-state index in [0.29, 0.717) is 15.2 Å². The largest absolute Gasteiger partial charge is 0.464 e. The number of benzene rings is 3. The number of nitrogens with two attached hydrogens (primary N) is 1. The number of carbonyl (C=O) groups excluding carboxylic acids is 3. The molecule has 0 aliphatic carbocycles. The summed E-state index contributed by atoms with van der Waals surface area (Å²) in [6, 6.07) is 17.3. The van der Waals surface area contributed by atoms with Gasteiger partial charge in [-0.25, -0.2) is 9.78 Å². The molecule has 11 nitrogen and oxygen atoms in total. The monoisotopic (exact) mass is 703 g/mol. The first-order chi connectivity index (χ1) is 23.2. The van der Waals surface area contributed by atoms with Crippen LogP contribution in [-0.2, 0) is 29.1 Å². The maximum Gasteiger partial charge on any atom is 0.332 e. The number of halogens is 2. The normalized spacial score (nSPS) is 18.1. The lowest BCUT2D eigenvalue weighted by atomic mass is 9.99. The van der Waals surface area contributed by atoms with Gasteiger partial charge in [0.25, 0.3) is 0 Å². The van der Waals surface area contributed by atoms with E-state index in [-0.39, 0.29) is 51.0 Å². The maximum absolute atomic E-state index is 14.3. The molecule has 246 valence electrons. The van der Waals surface area contributed by atoms with Crippen LogP contribution in [0.1, 0.15) is 16.7 Å². The van der Waals surface area contributed by atoms with Crippen molar-refractivity contribution in [1.82, 2.24) is 30.1 Å². The lowest BCUT2D eigenvalue weighted by Crippen LogP contribution is -2.66. The van der Waals surface area contributed by atoms with E-state index in [1.165, 1.54) is 16.3 Å². The highest BCUT2D eigenvalue weighted by Crippen LogP contribution is 2.33.